The molecular formula is C46H50N12. The third-order valence-corrected chi connectivity index (χ3v) is 11.5. The van der Waals surface area contributed by atoms with Gasteiger partial charge in [-0.3, -0.25) is 9.36 Å². The predicted molar refractivity (Wildman–Crippen MR) is 233 cm³/mol. The number of aromatic nitrogens is 6. The number of aryl methyl sites for hydroxylation is 2. The van der Waals surface area contributed by atoms with Crippen LogP contribution in [0, 0.1) is 41.9 Å². The van der Waals surface area contributed by atoms with Gasteiger partial charge in [0.05, 0.1) is 71.3 Å². The highest BCUT2D eigenvalue weighted by molar-refractivity contribution is 5.89. The minimum absolute atomic E-state index is 0. The van der Waals surface area contributed by atoms with Crippen LogP contribution < -0.4 is 16.0 Å². The van der Waals surface area contributed by atoms with Gasteiger partial charge in [-0.2, -0.15) is 25.8 Å². The van der Waals surface area contributed by atoms with Crippen molar-refractivity contribution in [3.05, 3.63) is 142 Å². The number of nitrogens with one attached hydrogen (secondary N) is 4. The Morgan fingerprint density at radius 1 is 0.724 bits per heavy atom. The zero-order chi connectivity index (χ0) is 40.3. The van der Waals surface area contributed by atoms with E-state index in [1.807, 2.05) is 73.9 Å². The molecule has 12 heteroatoms. The van der Waals surface area contributed by atoms with E-state index >= 15 is 0 Å². The van der Waals surface area contributed by atoms with Crippen LogP contribution in [0.4, 0.5) is 22.7 Å². The molecule has 3 heterocycles. The van der Waals surface area contributed by atoms with Gasteiger partial charge in [0, 0.05) is 57.4 Å². The van der Waals surface area contributed by atoms with Crippen LogP contribution in [0.15, 0.2) is 91.6 Å². The van der Waals surface area contributed by atoms with Gasteiger partial charge in [0.1, 0.15) is 5.69 Å². The molecule has 0 spiro atoms. The van der Waals surface area contributed by atoms with Crippen molar-refractivity contribution >= 4 is 39.9 Å². The SMILES string of the molecule is Cc1c(C#N)ccc2c1CCC[C@@H]2Nc1ccc(C=N)c(Nc2cnn(C)c2)c1.Cc1c(C#N)ccc2c1CCC[C@H]2Nc1ccc2cnn(-c3cnn(C)c3)c2c1.[HH].[HH]. The van der Waals surface area contributed by atoms with Crippen LogP contribution in [0.5, 0.6) is 0 Å². The molecular weight excluding hydrogens is 721 g/mol. The molecule has 2 atom stereocenters. The van der Waals surface area contributed by atoms with E-state index in [2.05, 4.69) is 87.6 Å². The lowest BCUT2D eigenvalue weighted by Gasteiger charge is -2.29. The monoisotopic (exact) mass is 770 g/mol. The van der Waals surface area contributed by atoms with Gasteiger partial charge in [-0.15, -0.1) is 0 Å². The van der Waals surface area contributed by atoms with Crippen LogP contribution in [-0.2, 0) is 26.9 Å². The maximum atomic E-state index is 9.34. The van der Waals surface area contributed by atoms with Crippen molar-refractivity contribution in [1.29, 1.82) is 15.9 Å². The highest BCUT2D eigenvalue weighted by atomic mass is 15.3. The quantitative estimate of drug-likeness (QED) is 0.111. The number of fused-ring (bicyclic) bond motifs is 3. The number of anilines is 4. The Balaban J connectivity index is 0.000000195. The van der Waals surface area contributed by atoms with Crippen LogP contribution in [0.3, 0.4) is 0 Å². The molecule has 0 fully saturated rings. The molecule has 0 radical (unpaired) electrons. The normalized spacial score (nSPS) is 15.6. The minimum Gasteiger partial charge on any atom is -0.378 e. The van der Waals surface area contributed by atoms with Crippen molar-refractivity contribution in [3.8, 4) is 17.8 Å². The largest absolute Gasteiger partial charge is 0.378 e. The molecule has 0 saturated carbocycles. The molecule has 0 aliphatic heterocycles. The lowest BCUT2D eigenvalue weighted by atomic mass is 9.83. The fraction of sp³-hybridized carbons (Fsp3) is 0.261. The average molecular weight is 771 g/mol. The van der Waals surface area contributed by atoms with Crippen LogP contribution >= 0.6 is 0 Å². The Bertz CT molecular complexity index is 2750. The van der Waals surface area contributed by atoms with Crippen molar-refractivity contribution in [2.24, 2.45) is 14.1 Å². The summed E-state index contributed by atoms with van der Waals surface area (Å²) in [5.41, 5.74) is 15.6. The molecule has 0 bridgehead atoms. The Kier molecular flexibility index (Phi) is 10.5. The first-order valence-corrected chi connectivity index (χ1v) is 19.7. The zero-order valence-electron chi connectivity index (χ0n) is 33.2. The molecule has 58 heavy (non-hydrogen) atoms. The van der Waals surface area contributed by atoms with Gasteiger partial charge in [0.15, 0.2) is 0 Å². The van der Waals surface area contributed by atoms with Crippen LogP contribution in [0.25, 0.3) is 16.6 Å². The second-order valence-electron chi connectivity index (χ2n) is 15.2. The van der Waals surface area contributed by atoms with Crippen molar-refractivity contribution in [1.82, 2.24) is 29.3 Å². The summed E-state index contributed by atoms with van der Waals surface area (Å²) in [5.74, 6) is 0. The molecule has 2 aliphatic carbocycles. The standard InChI is InChI=1S/C23H22N6.C23H24N6.2H2/c1-15-16(11-24)7-9-21-20(15)4-3-5-22(21)27-18-8-6-17-12-26-29(23(17)10-18)19-13-25-28(2)14-19;1-15-16(11-24)7-9-21-20(15)4-3-5-22(21)27-18-8-6-17(12-25)23(10-18)28-19-13-26-29(2)14-19;;/h6-10,12-14,22,27H,3-5H2,1-2H3;6-10,12-14,22,25,27-28H,3-5H2,1-2H3;2*1H/t2*22-;;/m10../s1. The molecule has 0 unspecified atom stereocenters. The van der Waals surface area contributed by atoms with Gasteiger partial charge in [-0.05, 0) is 134 Å². The Hall–Kier alpha value is -7.18. The molecule has 7 aromatic rings. The molecule has 12 nitrogen and oxygen atoms in total. The van der Waals surface area contributed by atoms with E-state index < -0.39 is 0 Å². The zero-order valence-corrected chi connectivity index (χ0v) is 33.2. The van der Waals surface area contributed by atoms with E-state index in [0.29, 0.717) is 0 Å². The predicted octanol–water partition coefficient (Wildman–Crippen LogP) is 9.75. The molecule has 4 N–H and O–H groups in total. The summed E-state index contributed by atoms with van der Waals surface area (Å²) in [6.45, 7) is 4.12. The summed E-state index contributed by atoms with van der Waals surface area (Å²) >= 11 is 0. The van der Waals surface area contributed by atoms with Gasteiger partial charge in [0.25, 0.3) is 0 Å². The second-order valence-corrected chi connectivity index (χ2v) is 15.2. The summed E-state index contributed by atoms with van der Waals surface area (Å²) < 4.78 is 5.44. The highest BCUT2D eigenvalue weighted by Crippen LogP contribution is 2.38. The molecule has 294 valence electrons. The van der Waals surface area contributed by atoms with Gasteiger partial charge < -0.3 is 21.4 Å². The first kappa shape index (κ1) is 37.7. The Morgan fingerprint density at radius 3 is 1.90 bits per heavy atom. The van der Waals surface area contributed by atoms with Gasteiger partial charge in [-0.25, -0.2) is 4.68 Å². The van der Waals surface area contributed by atoms with E-state index in [1.54, 1.807) is 15.6 Å². The van der Waals surface area contributed by atoms with E-state index in [4.69, 9.17) is 5.41 Å². The number of rotatable bonds is 8. The lowest BCUT2D eigenvalue weighted by molar-refractivity contribution is 0.598. The first-order chi connectivity index (χ1) is 28.2. The van der Waals surface area contributed by atoms with Gasteiger partial charge in [-0.1, -0.05) is 12.1 Å². The van der Waals surface area contributed by atoms with E-state index in [1.165, 1.54) is 28.5 Å². The fourth-order valence-electron chi connectivity index (χ4n) is 8.45. The van der Waals surface area contributed by atoms with Crippen molar-refractivity contribution in [2.75, 3.05) is 16.0 Å². The summed E-state index contributed by atoms with van der Waals surface area (Å²) in [5, 5.41) is 51.2. The van der Waals surface area contributed by atoms with Crippen LogP contribution in [0.1, 0.15) is 90.7 Å². The number of benzene rings is 4. The van der Waals surface area contributed by atoms with Crippen LogP contribution in [0.2, 0.25) is 0 Å². The van der Waals surface area contributed by atoms with E-state index in [0.717, 1.165) is 106 Å². The number of nitriles is 2. The second kappa shape index (κ2) is 16.1. The molecule has 0 amide bonds. The summed E-state index contributed by atoms with van der Waals surface area (Å²) in [6, 6.07) is 25.5. The van der Waals surface area contributed by atoms with Gasteiger partial charge >= 0.3 is 0 Å². The minimum atomic E-state index is 0. The summed E-state index contributed by atoms with van der Waals surface area (Å²) in [4.78, 5) is 0. The van der Waals surface area contributed by atoms with Crippen LogP contribution in [-0.4, -0.2) is 35.6 Å². The van der Waals surface area contributed by atoms with Gasteiger partial charge in [0.2, 0.25) is 0 Å². The molecule has 9 rings (SSSR count). The average Bonchev–Trinajstić information content (AvgIpc) is 3.98. The van der Waals surface area contributed by atoms with E-state index in [-0.39, 0.29) is 14.9 Å². The summed E-state index contributed by atoms with van der Waals surface area (Å²) in [6.07, 6.45) is 17.1. The highest BCUT2D eigenvalue weighted by Gasteiger charge is 2.24. The smallest absolute Gasteiger partial charge is 0.103 e. The van der Waals surface area contributed by atoms with Crippen molar-refractivity contribution < 1.29 is 2.85 Å². The topological polar surface area (TPSA) is 161 Å². The molecule has 0 saturated heterocycles. The molecule has 2 aliphatic rings. The molecule has 3 aromatic heterocycles. The maximum absolute atomic E-state index is 9.34. The molecule has 4 aromatic carbocycles. The number of hydrogen-bond acceptors (Lipinski definition) is 9. The van der Waals surface area contributed by atoms with E-state index in [9.17, 15) is 10.5 Å². The number of nitrogens with zero attached hydrogens (tertiary/aromatic N) is 8. The Morgan fingerprint density at radius 2 is 1.33 bits per heavy atom. The van der Waals surface area contributed by atoms with Crippen molar-refractivity contribution in [3.63, 3.8) is 0 Å². The Labute approximate surface area is 341 Å². The third-order valence-electron chi connectivity index (χ3n) is 11.5. The fourth-order valence-corrected chi connectivity index (χ4v) is 8.45. The number of hydrogen-bond donors (Lipinski definition) is 4. The maximum Gasteiger partial charge on any atom is 0.103 e. The summed E-state index contributed by atoms with van der Waals surface area (Å²) in [7, 11) is 3.78. The van der Waals surface area contributed by atoms with Crippen molar-refractivity contribution in [2.45, 2.75) is 64.5 Å². The lowest BCUT2D eigenvalue weighted by Crippen LogP contribution is -2.18. The first-order valence-electron chi connectivity index (χ1n) is 19.7. The third kappa shape index (κ3) is 7.52.